The number of nitrogens with one attached hydrogen (secondary N) is 3. The molecule has 1 atom stereocenters. The van der Waals surface area contributed by atoms with Gasteiger partial charge in [0.25, 0.3) is 5.91 Å². The maximum atomic E-state index is 12.1. The molecule has 1 heterocycles. The molecule has 0 aliphatic rings. The number of hydrogen-bond acceptors (Lipinski definition) is 4. The molecule has 0 aliphatic heterocycles. The van der Waals surface area contributed by atoms with Crippen molar-refractivity contribution in [1.29, 1.82) is 0 Å². The Hall–Kier alpha value is -1.82. The Kier molecular flexibility index (Phi) is 6.94. The molecule has 0 radical (unpaired) electrons. The fourth-order valence-electron chi connectivity index (χ4n) is 1.65. The van der Waals surface area contributed by atoms with Gasteiger partial charge < -0.3 is 16.0 Å². The zero-order valence-electron chi connectivity index (χ0n) is 12.5. The summed E-state index contributed by atoms with van der Waals surface area (Å²) < 4.78 is 0. The van der Waals surface area contributed by atoms with E-state index in [4.69, 9.17) is 11.6 Å². The van der Waals surface area contributed by atoms with Crippen LogP contribution in [0.15, 0.2) is 12.1 Å². The Bertz CT molecular complexity index is 508. The van der Waals surface area contributed by atoms with Gasteiger partial charge in [-0.2, -0.15) is 0 Å². The zero-order valence-corrected chi connectivity index (χ0v) is 13.3. The first-order valence-corrected chi connectivity index (χ1v) is 7.35. The molecule has 116 valence electrons. The minimum atomic E-state index is -0.612. The highest BCUT2D eigenvalue weighted by Gasteiger charge is 2.17. The summed E-state index contributed by atoms with van der Waals surface area (Å²) in [7, 11) is 0. The Morgan fingerprint density at radius 3 is 2.67 bits per heavy atom. The maximum absolute atomic E-state index is 12.1. The number of carbonyl (C=O) groups is 2. The Morgan fingerprint density at radius 2 is 2.05 bits per heavy atom. The average Bonchev–Trinajstić information content (AvgIpc) is 2.44. The van der Waals surface area contributed by atoms with Gasteiger partial charge in [0.05, 0.1) is 0 Å². The van der Waals surface area contributed by atoms with Crippen LogP contribution in [0.4, 0.5) is 5.82 Å². The average molecular weight is 313 g/mol. The van der Waals surface area contributed by atoms with Gasteiger partial charge in [0.2, 0.25) is 5.91 Å². The van der Waals surface area contributed by atoms with Crippen molar-refractivity contribution in [2.24, 2.45) is 0 Å². The number of pyridine rings is 1. The largest absolute Gasteiger partial charge is 0.370 e. The van der Waals surface area contributed by atoms with Gasteiger partial charge in [0, 0.05) is 18.7 Å². The number of rotatable bonds is 7. The van der Waals surface area contributed by atoms with Crippen molar-refractivity contribution < 1.29 is 9.59 Å². The summed E-state index contributed by atoms with van der Waals surface area (Å²) in [5.74, 6) is -0.0481. The van der Waals surface area contributed by atoms with Crippen molar-refractivity contribution in [2.75, 3.05) is 18.4 Å². The number of carbonyl (C=O) groups excluding carboxylic acids is 2. The fourth-order valence-corrected chi connectivity index (χ4v) is 1.86. The number of nitrogens with zero attached hydrogens (tertiary/aromatic N) is 1. The van der Waals surface area contributed by atoms with E-state index < -0.39 is 6.04 Å². The molecule has 0 aliphatic carbocycles. The van der Waals surface area contributed by atoms with E-state index >= 15 is 0 Å². The first kappa shape index (κ1) is 17.2. The van der Waals surface area contributed by atoms with Crippen LogP contribution >= 0.6 is 11.6 Å². The molecule has 21 heavy (non-hydrogen) atoms. The van der Waals surface area contributed by atoms with Gasteiger partial charge in [0.1, 0.15) is 17.0 Å². The number of halogens is 1. The van der Waals surface area contributed by atoms with Crippen molar-refractivity contribution in [1.82, 2.24) is 15.6 Å². The molecule has 2 amide bonds. The summed E-state index contributed by atoms with van der Waals surface area (Å²) >= 11 is 5.89. The predicted molar refractivity (Wildman–Crippen MR) is 83.6 cm³/mol. The summed E-state index contributed by atoms with van der Waals surface area (Å²) in [5, 5.41) is 8.58. The van der Waals surface area contributed by atoms with Crippen LogP contribution in [0.5, 0.6) is 0 Å². The second kappa shape index (κ2) is 8.46. The van der Waals surface area contributed by atoms with E-state index in [-0.39, 0.29) is 17.0 Å². The third-order valence-electron chi connectivity index (χ3n) is 2.70. The molecule has 0 aromatic carbocycles. The molecule has 7 heteroatoms. The Morgan fingerprint density at radius 1 is 1.33 bits per heavy atom. The van der Waals surface area contributed by atoms with E-state index in [1.54, 1.807) is 13.0 Å². The summed E-state index contributed by atoms with van der Waals surface area (Å²) in [6, 6.07) is 2.45. The van der Waals surface area contributed by atoms with E-state index in [2.05, 4.69) is 20.9 Å². The van der Waals surface area contributed by atoms with Gasteiger partial charge in [-0.1, -0.05) is 18.5 Å². The highest BCUT2D eigenvalue weighted by Crippen LogP contribution is 2.14. The molecule has 1 aromatic heterocycles. The molecule has 1 unspecified atom stereocenters. The first-order chi connectivity index (χ1) is 9.97. The van der Waals surface area contributed by atoms with Crippen LogP contribution in [0, 0.1) is 0 Å². The zero-order chi connectivity index (χ0) is 15.8. The molecule has 0 fully saturated rings. The van der Waals surface area contributed by atoms with E-state index in [0.29, 0.717) is 24.5 Å². The lowest BCUT2D eigenvalue weighted by Gasteiger charge is -2.14. The topological polar surface area (TPSA) is 83.1 Å². The fraction of sp³-hybridized carbons (Fsp3) is 0.500. The van der Waals surface area contributed by atoms with Gasteiger partial charge in [-0.25, -0.2) is 4.98 Å². The van der Waals surface area contributed by atoms with Crippen LogP contribution in [0.1, 0.15) is 37.6 Å². The van der Waals surface area contributed by atoms with Crippen molar-refractivity contribution in [3.63, 3.8) is 0 Å². The number of anilines is 1. The first-order valence-electron chi connectivity index (χ1n) is 6.98. The number of hydrogen-bond donors (Lipinski definition) is 3. The highest BCUT2D eigenvalue weighted by atomic mass is 35.5. The second-order valence-corrected chi connectivity index (χ2v) is 4.97. The molecule has 0 saturated heterocycles. The molecule has 0 saturated carbocycles. The van der Waals surface area contributed by atoms with Gasteiger partial charge >= 0.3 is 0 Å². The van der Waals surface area contributed by atoms with Crippen LogP contribution < -0.4 is 16.0 Å². The van der Waals surface area contributed by atoms with Crippen molar-refractivity contribution in [2.45, 2.75) is 33.2 Å². The monoisotopic (exact) mass is 312 g/mol. The molecule has 1 aromatic rings. The summed E-state index contributed by atoms with van der Waals surface area (Å²) in [4.78, 5) is 27.9. The maximum Gasteiger partial charge on any atom is 0.252 e. The normalized spacial score (nSPS) is 11.6. The summed E-state index contributed by atoms with van der Waals surface area (Å²) in [5.41, 5.74) is 0.362. The molecule has 0 spiro atoms. The van der Waals surface area contributed by atoms with Crippen molar-refractivity contribution in [3.8, 4) is 0 Å². The van der Waals surface area contributed by atoms with E-state index in [1.807, 2.05) is 13.8 Å². The predicted octanol–water partition coefficient (Wildman–Crippen LogP) is 1.81. The molecule has 3 N–H and O–H groups in total. The summed E-state index contributed by atoms with van der Waals surface area (Å²) in [6.45, 7) is 6.78. The van der Waals surface area contributed by atoms with Crippen LogP contribution in [0.25, 0.3) is 0 Å². The van der Waals surface area contributed by atoms with Crippen molar-refractivity contribution >= 4 is 29.2 Å². The molecular weight excluding hydrogens is 292 g/mol. The lowest BCUT2D eigenvalue weighted by atomic mass is 10.2. The minimum absolute atomic E-state index is 0.211. The smallest absolute Gasteiger partial charge is 0.252 e. The van der Waals surface area contributed by atoms with Crippen molar-refractivity contribution in [3.05, 3.63) is 22.8 Å². The number of aromatic nitrogens is 1. The van der Waals surface area contributed by atoms with Crippen LogP contribution in [0.2, 0.25) is 5.15 Å². The molecule has 6 nitrogen and oxygen atoms in total. The van der Waals surface area contributed by atoms with Crippen LogP contribution in [0.3, 0.4) is 0 Å². The van der Waals surface area contributed by atoms with Gasteiger partial charge in [-0.05, 0) is 32.4 Å². The summed E-state index contributed by atoms with van der Waals surface area (Å²) in [6.07, 6.45) is 0.846. The molecule has 0 bridgehead atoms. The third-order valence-corrected chi connectivity index (χ3v) is 2.90. The van der Waals surface area contributed by atoms with Gasteiger partial charge in [0.15, 0.2) is 0 Å². The Balaban J connectivity index is 2.72. The van der Waals surface area contributed by atoms with Gasteiger partial charge in [-0.15, -0.1) is 0 Å². The third kappa shape index (κ3) is 5.59. The lowest BCUT2D eigenvalue weighted by Crippen LogP contribution is -2.45. The molecular formula is C14H21ClN4O2. The number of amides is 2. The SMILES string of the molecule is CCCNC(=O)C(C)NC(=O)c1cc(Cl)nc(NCC)c1. The van der Waals surface area contributed by atoms with E-state index in [9.17, 15) is 9.59 Å². The highest BCUT2D eigenvalue weighted by molar-refractivity contribution is 6.29. The van der Waals surface area contributed by atoms with Crippen LogP contribution in [-0.2, 0) is 4.79 Å². The van der Waals surface area contributed by atoms with E-state index in [1.165, 1.54) is 6.07 Å². The van der Waals surface area contributed by atoms with E-state index in [0.717, 1.165) is 6.42 Å². The van der Waals surface area contributed by atoms with Crippen LogP contribution in [-0.4, -0.2) is 35.9 Å². The lowest BCUT2D eigenvalue weighted by molar-refractivity contribution is -0.122. The van der Waals surface area contributed by atoms with Gasteiger partial charge in [-0.3, -0.25) is 9.59 Å². The molecule has 1 rings (SSSR count). The second-order valence-electron chi connectivity index (χ2n) is 4.58. The minimum Gasteiger partial charge on any atom is -0.370 e. The standard InChI is InChI=1S/C14H21ClN4O2/c1-4-6-17-13(20)9(3)18-14(21)10-7-11(15)19-12(8-10)16-5-2/h7-9H,4-6H2,1-3H3,(H,16,19)(H,17,20)(H,18,21). The Labute approximate surface area is 129 Å². The quantitative estimate of drug-likeness (QED) is 0.671.